The molecule has 3 atom stereocenters. The number of halogens is 5. The first kappa shape index (κ1) is 112. The number of hydrogen-bond acceptors (Lipinski definition) is 30. The molecule has 764 valence electrons. The number of aromatic nitrogens is 12. The van der Waals surface area contributed by atoms with Crippen molar-refractivity contribution in [2.75, 3.05) is 92.0 Å². The van der Waals surface area contributed by atoms with Crippen molar-refractivity contribution in [3.05, 3.63) is 220 Å². The van der Waals surface area contributed by atoms with Crippen molar-refractivity contribution in [1.82, 2.24) is 79.8 Å². The van der Waals surface area contributed by atoms with Gasteiger partial charge in [-0.15, -0.1) is 0 Å². The summed E-state index contributed by atoms with van der Waals surface area (Å²) in [5, 5.41) is 52.3. The Balaban J connectivity index is 0.000000200. The number of ether oxygens (including phenoxy) is 3. The van der Waals surface area contributed by atoms with Crippen molar-refractivity contribution < 1.29 is 62.0 Å². The van der Waals surface area contributed by atoms with E-state index >= 15 is 0 Å². The fraction of sp³-hybridized carbons (Fsp3) is 0.381. The topological polar surface area (TPSA) is 517 Å². The SMILES string of the molecule is CC(C)(C)OC(=O)NC1CCCNC1.CC(C)n1cnc2c(Nc3cccc(NC(=O)c4ccc(N)cc4)c3)nc(N3CCCC(NC(=O)OC(C)(C)C)C3)nc21.CC(C)n1cnc2c(Nc3cccc(NC(=O)c4ccc([N+](=O)[O-])cc4)c3)nc(F)nc21.CC(C)n1cnc2c(Nc3cccc(NC(=O)c4ccc([N+](=O)[O-])cc4)c3)nc(N3CCCC(NC(=O)OC(C)(C)C)C3)nc21.O=C(Cl)/C=C/CBr.[Cl][Sn][Cl]. The van der Waals surface area contributed by atoms with Gasteiger partial charge in [-0.25, -0.2) is 29.3 Å². The number of nitrogens with zero attached hydrogens (tertiary/aromatic N) is 16. The third-order valence-electron chi connectivity index (χ3n) is 21.1. The van der Waals surface area contributed by atoms with E-state index in [-0.39, 0.29) is 71.0 Å². The number of imidazole rings is 3. The summed E-state index contributed by atoms with van der Waals surface area (Å²) in [6, 6.07) is 39.0. The van der Waals surface area contributed by atoms with Crippen LogP contribution in [0.1, 0.15) is 192 Å². The molecule has 2 radical (unpaired) electrons. The van der Waals surface area contributed by atoms with Crippen LogP contribution in [0.5, 0.6) is 0 Å². The van der Waals surface area contributed by atoms with Gasteiger partial charge in [0.15, 0.2) is 50.9 Å². The molecule has 12 N–H and O–H groups in total. The first-order chi connectivity index (χ1) is 68.3. The Morgan fingerprint density at radius 3 is 1.14 bits per heavy atom. The van der Waals surface area contributed by atoms with Crippen molar-refractivity contribution >= 4 is 220 Å². The molecule has 12 aromatic rings. The Bertz CT molecular complexity index is 6480. The average Bonchev–Trinajstić information content (AvgIpc) is 1.62. The van der Waals surface area contributed by atoms with E-state index < -0.39 is 80.9 Å². The number of carbonyl (C=O) groups is 7. The number of nitro groups is 2. The summed E-state index contributed by atoms with van der Waals surface area (Å²) in [5.74, 6) is 1.22. The summed E-state index contributed by atoms with van der Waals surface area (Å²) in [6.07, 6.45) is 11.4. The number of carbonyl (C=O) groups excluding carboxylic acids is 7. The van der Waals surface area contributed by atoms with E-state index in [1.165, 1.54) is 54.6 Å². The maximum atomic E-state index is 14.0. The number of rotatable bonds is 24. The Kier molecular flexibility index (Phi) is 40.9. The number of nitrogens with two attached hydrogens (primary N) is 1. The molecule has 3 fully saturated rings. The van der Waals surface area contributed by atoms with Gasteiger partial charge >= 0.3 is 61.1 Å². The van der Waals surface area contributed by atoms with Crippen molar-refractivity contribution in [2.24, 2.45) is 0 Å². The van der Waals surface area contributed by atoms with E-state index in [0.29, 0.717) is 121 Å². The molecule has 0 saturated carbocycles. The molecular weight excluding hydrogens is 2090 g/mol. The molecule has 41 nitrogen and oxygen atoms in total. The van der Waals surface area contributed by atoms with Crippen molar-refractivity contribution in [2.45, 2.75) is 195 Å². The summed E-state index contributed by atoms with van der Waals surface area (Å²) in [6.45, 7) is 33.2. The number of nitrogens with one attached hydrogen (secondary N) is 10. The zero-order valence-electron chi connectivity index (χ0n) is 82.2. The Morgan fingerprint density at radius 2 is 0.826 bits per heavy atom. The number of allylic oxidation sites excluding steroid dienone is 2. The molecule has 6 aromatic heterocycles. The minimum absolute atomic E-state index is 0.0418. The maximum absolute atomic E-state index is 14.0. The molecule has 6 amide bonds. The van der Waals surface area contributed by atoms with E-state index in [4.69, 9.17) is 69.3 Å². The molecule has 6 aromatic carbocycles. The van der Waals surface area contributed by atoms with Crippen LogP contribution in [-0.2, 0) is 19.0 Å². The van der Waals surface area contributed by atoms with Crippen LogP contribution in [0, 0.1) is 26.3 Å². The van der Waals surface area contributed by atoms with E-state index in [9.17, 15) is 58.2 Å². The number of benzene rings is 6. The first-order valence-electron chi connectivity index (χ1n) is 46.1. The molecule has 0 aliphatic carbocycles. The Hall–Kier alpha value is -13.8. The number of non-ortho nitro benzene ring substituents is 2. The van der Waals surface area contributed by atoms with Gasteiger partial charge in [-0.2, -0.15) is 34.3 Å². The number of fused-ring (bicyclic) bond motifs is 3. The monoisotopic (exact) mass is 2210 g/mol. The van der Waals surface area contributed by atoms with Gasteiger partial charge in [0.2, 0.25) is 17.1 Å². The predicted octanol–water partition coefficient (Wildman–Crippen LogP) is 19.7. The fourth-order valence-electron chi connectivity index (χ4n) is 14.6. The third-order valence-corrected chi connectivity index (χ3v) is 21.6. The zero-order chi connectivity index (χ0) is 105. The second kappa shape index (κ2) is 52.5. The number of piperidine rings is 3. The number of anilines is 12. The molecule has 3 saturated heterocycles. The molecule has 0 bridgehead atoms. The number of amides is 6. The van der Waals surface area contributed by atoms with Crippen LogP contribution >= 0.6 is 45.4 Å². The number of alkyl carbamates (subject to hydrolysis) is 3. The van der Waals surface area contributed by atoms with Gasteiger partial charge in [0.1, 0.15) is 16.8 Å². The van der Waals surface area contributed by atoms with Crippen LogP contribution in [0.15, 0.2) is 177 Å². The molecule has 3 aliphatic rings. The number of nitrogen functional groups attached to an aromatic ring is 1. The van der Waals surface area contributed by atoms with Gasteiger partial charge in [0.25, 0.3) is 29.1 Å². The van der Waals surface area contributed by atoms with Gasteiger partial charge < -0.3 is 96.6 Å². The van der Waals surface area contributed by atoms with Crippen LogP contribution in [0.25, 0.3) is 33.5 Å². The number of hydrogen-bond donors (Lipinski definition) is 11. The molecule has 15 rings (SSSR count). The molecule has 3 aliphatic heterocycles. The quantitative estimate of drug-likeness (QED) is 0.00308. The van der Waals surface area contributed by atoms with Gasteiger partial charge in [-0.3, -0.25) is 39.4 Å². The number of alkyl halides is 1. The molecule has 0 spiro atoms. The standard InChI is InChI=1S/C31H37N9O5.C31H39N9O3.C21H18FN7O3.C10H20N2O2.C4H4BrClO.2ClH.Sn/c1-19(2)39-18-32-25-26(33-21-8-6-9-22(16-21)34-28(41)20-11-13-24(14-12-20)40(43)44)36-29(37-27(25)39)38-15-7-10-23(17-38)35-30(42)45-31(3,4)5;1-19(2)40-18-33-25-26(34-22-8-6-9-23(16-22)35-28(41)20-11-13-21(32)14-12-20)37-29(38-27(25)40)39-15-7-10-24(17-39)36-30(42)43-31(3,4)5;1-12(2)28-11-23-17-18(26-21(22)27-19(17)28)24-14-4-3-5-15(10-14)25-20(30)13-6-8-16(9-7-13)29(31)32;1-10(2,3)14-9(13)12-8-5-4-6-11-7-8;5-3-1-2-4(6)7;;;/h6,8-9,11-14,16,18-19,23H,7,10,15,17H2,1-5H3,(H,34,41)(H,35,42)(H,33,36,37);6,8-9,11-14,16,18-19,24H,7,10,15,17,32H2,1-5H3,(H,35,41)(H,36,42)(H,34,37,38);3-12H,1-2H3,(H,25,30)(H,24,26,27);8,11H,4-7H2,1-3H3,(H,12,13);1-2H,3H2;2*1H;/q;;;;;;;+2/p-2/b;;;;2-1+;;;. The van der Waals surface area contributed by atoms with Crippen LogP contribution < -0.4 is 68.7 Å². The number of nitro benzene ring substituents is 2. The normalized spacial score (nSPS) is 14.6. The molecular formula is C97H118BrCl3FN27O14Sn. The minimum atomic E-state index is -0.884. The summed E-state index contributed by atoms with van der Waals surface area (Å²) >= 11 is 7.16. The van der Waals surface area contributed by atoms with Crippen molar-refractivity contribution in [3.8, 4) is 0 Å². The van der Waals surface area contributed by atoms with E-state index in [0.717, 1.165) is 70.4 Å². The van der Waals surface area contributed by atoms with E-state index in [2.05, 4.69) is 132 Å². The van der Waals surface area contributed by atoms with Gasteiger partial charge in [-0.1, -0.05) is 40.2 Å². The van der Waals surface area contributed by atoms with E-state index in [1.807, 2.05) is 116 Å². The summed E-state index contributed by atoms with van der Waals surface area (Å²) < 4.78 is 35.9. The van der Waals surface area contributed by atoms with Crippen molar-refractivity contribution in [1.29, 1.82) is 0 Å². The molecule has 144 heavy (non-hydrogen) atoms. The van der Waals surface area contributed by atoms with E-state index in [1.54, 1.807) is 96.4 Å². The van der Waals surface area contributed by atoms with Crippen LogP contribution in [-0.4, -0.2) is 208 Å². The summed E-state index contributed by atoms with van der Waals surface area (Å²) in [4.78, 5) is 150. The van der Waals surface area contributed by atoms with Crippen LogP contribution in [0.2, 0.25) is 0 Å². The van der Waals surface area contributed by atoms with Crippen molar-refractivity contribution in [3.63, 3.8) is 0 Å². The molecule has 9 heterocycles. The van der Waals surface area contributed by atoms with Gasteiger partial charge in [-0.05, 0) is 270 Å². The van der Waals surface area contributed by atoms with Crippen LogP contribution in [0.3, 0.4) is 0 Å². The first-order valence-corrected chi connectivity index (χ1v) is 54.9. The Morgan fingerprint density at radius 1 is 0.500 bits per heavy atom. The third kappa shape index (κ3) is 34.8. The second-order valence-electron chi connectivity index (χ2n) is 37.0. The summed E-state index contributed by atoms with van der Waals surface area (Å²) in [5.41, 5.74) is 12.6. The fourth-order valence-corrected chi connectivity index (χ4v) is 14.9. The second-order valence-corrected chi connectivity index (χ2v) is 42.3. The average molecular weight is 2210 g/mol. The predicted molar refractivity (Wildman–Crippen MR) is 563 cm³/mol. The van der Waals surface area contributed by atoms with Gasteiger partial charge in [0, 0.05) is 155 Å². The van der Waals surface area contributed by atoms with Crippen LogP contribution in [0.4, 0.5) is 99.3 Å². The summed E-state index contributed by atoms with van der Waals surface area (Å²) in [7, 11) is 9.87. The Labute approximate surface area is 862 Å². The zero-order valence-corrected chi connectivity index (χ0v) is 88.9. The molecule has 3 unspecified atom stereocenters. The van der Waals surface area contributed by atoms with Gasteiger partial charge in [0.05, 0.1) is 28.8 Å². The molecule has 47 heteroatoms.